The molecule has 0 saturated carbocycles. The van der Waals surface area contributed by atoms with Crippen LogP contribution in [0.3, 0.4) is 0 Å². The molecule has 1 aliphatic rings. The SMILES string of the molecule is O=C(O)N1CCN(Cc2ccn(Cc3cc(I)ccc3I)c(=O)c2O)CC1. The van der Waals surface area contributed by atoms with E-state index in [0.717, 1.165) is 12.7 Å². The number of hydrogen-bond donors (Lipinski definition) is 2. The molecule has 3 rings (SSSR count). The maximum Gasteiger partial charge on any atom is 0.407 e. The van der Waals surface area contributed by atoms with Gasteiger partial charge in [0.1, 0.15) is 0 Å². The second kappa shape index (κ2) is 8.78. The Hall–Kier alpha value is -1.34. The molecule has 7 nitrogen and oxygen atoms in total. The van der Waals surface area contributed by atoms with Gasteiger partial charge in [-0.3, -0.25) is 9.69 Å². The maximum atomic E-state index is 12.6. The highest BCUT2D eigenvalue weighted by atomic mass is 127. The lowest BCUT2D eigenvalue weighted by molar-refractivity contribution is 0.102. The van der Waals surface area contributed by atoms with Gasteiger partial charge in [-0.15, -0.1) is 0 Å². The van der Waals surface area contributed by atoms with Crippen molar-refractivity contribution in [3.05, 3.63) is 59.1 Å². The number of halogens is 2. The van der Waals surface area contributed by atoms with Crippen molar-refractivity contribution < 1.29 is 15.0 Å². The van der Waals surface area contributed by atoms with Gasteiger partial charge in [-0.25, -0.2) is 4.79 Å². The number of carboxylic acid groups (broad SMARTS) is 1. The summed E-state index contributed by atoms with van der Waals surface area (Å²) in [6.45, 7) is 2.84. The van der Waals surface area contributed by atoms with Gasteiger partial charge in [-0.1, -0.05) is 0 Å². The smallest absolute Gasteiger partial charge is 0.407 e. The minimum atomic E-state index is -0.912. The molecule has 0 bridgehead atoms. The fraction of sp³-hybridized carbons (Fsp3) is 0.333. The van der Waals surface area contributed by atoms with Crippen LogP contribution < -0.4 is 5.56 Å². The summed E-state index contributed by atoms with van der Waals surface area (Å²) in [5.41, 5.74) is 1.19. The highest BCUT2D eigenvalue weighted by Gasteiger charge is 2.21. The summed E-state index contributed by atoms with van der Waals surface area (Å²) in [6, 6.07) is 7.82. The topological polar surface area (TPSA) is 86.0 Å². The zero-order valence-electron chi connectivity index (χ0n) is 14.4. The van der Waals surface area contributed by atoms with Crippen molar-refractivity contribution in [1.82, 2.24) is 14.4 Å². The molecule has 144 valence electrons. The van der Waals surface area contributed by atoms with E-state index in [1.165, 1.54) is 9.47 Å². The number of carbonyl (C=O) groups is 1. The summed E-state index contributed by atoms with van der Waals surface area (Å²) in [5.74, 6) is -0.237. The highest BCUT2D eigenvalue weighted by molar-refractivity contribution is 14.1. The molecule has 9 heteroatoms. The van der Waals surface area contributed by atoms with Crippen LogP contribution in [0, 0.1) is 7.14 Å². The van der Waals surface area contributed by atoms with Crippen LogP contribution in [0.2, 0.25) is 0 Å². The lowest BCUT2D eigenvalue weighted by Crippen LogP contribution is -2.47. The number of pyridine rings is 1. The Morgan fingerprint density at radius 3 is 2.41 bits per heavy atom. The van der Waals surface area contributed by atoms with Gasteiger partial charge in [0, 0.05) is 51.6 Å². The summed E-state index contributed by atoms with van der Waals surface area (Å²) >= 11 is 4.48. The fourth-order valence-electron chi connectivity index (χ4n) is 3.04. The third kappa shape index (κ3) is 4.93. The first-order valence-electron chi connectivity index (χ1n) is 8.40. The van der Waals surface area contributed by atoms with Crippen LogP contribution in [0.1, 0.15) is 11.1 Å². The number of piperazine rings is 1. The zero-order valence-corrected chi connectivity index (χ0v) is 18.8. The molecular weight excluding hydrogens is 576 g/mol. The van der Waals surface area contributed by atoms with Crippen molar-refractivity contribution in [3.63, 3.8) is 0 Å². The molecule has 2 N–H and O–H groups in total. The Morgan fingerprint density at radius 1 is 1.04 bits per heavy atom. The minimum Gasteiger partial charge on any atom is -0.503 e. The van der Waals surface area contributed by atoms with E-state index in [-0.39, 0.29) is 5.75 Å². The highest BCUT2D eigenvalue weighted by Crippen LogP contribution is 2.19. The van der Waals surface area contributed by atoms with Crippen molar-refractivity contribution in [3.8, 4) is 5.75 Å². The maximum absolute atomic E-state index is 12.6. The van der Waals surface area contributed by atoms with E-state index in [4.69, 9.17) is 5.11 Å². The number of benzene rings is 1. The van der Waals surface area contributed by atoms with Crippen molar-refractivity contribution >= 4 is 51.3 Å². The molecule has 2 aromatic rings. The Labute approximate surface area is 183 Å². The van der Waals surface area contributed by atoms with Crippen LogP contribution in [0.4, 0.5) is 4.79 Å². The Balaban J connectivity index is 1.73. The third-order valence-corrected chi connectivity index (χ3v) is 6.33. The predicted octanol–water partition coefficient (Wildman–Crippen LogP) is 2.61. The van der Waals surface area contributed by atoms with Crippen LogP contribution in [0.5, 0.6) is 5.75 Å². The van der Waals surface area contributed by atoms with E-state index in [1.807, 2.05) is 23.1 Å². The van der Waals surface area contributed by atoms with Gasteiger partial charge >= 0.3 is 6.09 Å². The van der Waals surface area contributed by atoms with E-state index in [1.54, 1.807) is 12.3 Å². The number of nitrogens with zero attached hydrogens (tertiary/aromatic N) is 3. The summed E-state index contributed by atoms with van der Waals surface area (Å²) in [6.07, 6.45) is 0.797. The van der Waals surface area contributed by atoms with Gasteiger partial charge < -0.3 is 19.7 Å². The van der Waals surface area contributed by atoms with E-state index in [2.05, 4.69) is 45.2 Å². The Bertz CT molecular complexity index is 908. The molecular formula is C18H19I2N3O4. The van der Waals surface area contributed by atoms with Gasteiger partial charge in [0.2, 0.25) is 0 Å². The monoisotopic (exact) mass is 595 g/mol. The summed E-state index contributed by atoms with van der Waals surface area (Å²) in [7, 11) is 0. The first-order chi connectivity index (χ1) is 12.8. The molecule has 0 radical (unpaired) electrons. The summed E-state index contributed by atoms with van der Waals surface area (Å²) in [4.78, 5) is 27.0. The normalized spacial score (nSPS) is 15.1. The molecule has 0 spiro atoms. The van der Waals surface area contributed by atoms with E-state index < -0.39 is 11.7 Å². The molecule has 1 aromatic carbocycles. The van der Waals surface area contributed by atoms with Crippen molar-refractivity contribution in [2.75, 3.05) is 26.2 Å². The van der Waals surface area contributed by atoms with Crippen LogP contribution in [-0.4, -0.2) is 56.9 Å². The fourth-order valence-corrected chi connectivity index (χ4v) is 4.10. The minimum absolute atomic E-state index is 0.237. The number of hydrogen-bond acceptors (Lipinski definition) is 4. The van der Waals surface area contributed by atoms with Gasteiger partial charge in [0.25, 0.3) is 5.56 Å². The molecule has 1 amide bonds. The molecule has 1 aromatic heterocycles. The molecule has 1 aliphatic heterocycles. The van der Waals surface area contributed by atoms with E-state index >= 15 is 0 Å². The largest absolute Gasteiger partial charge is 0.503 e. The molecule has 1 fully saturated rings. The third-order valence-electron chi connectivity index (χ3n) is 4.61. The standard InChI is InChI=1S/C18H19I2N3O4/c19-14-1-2-15(20)13(9-14)11-23-4-3-12(16(24)17(23)25)10-21-5-7-22(8-6-21)18(26)27/h1-4,9,24H,5-8,10-11H2,(H,26,27). The Morgan fingerprint density at radius 2 is 1.74 bits per heavy atom. The van der Waals surface area contributed by atoms with Crippen LogP contribution in [0.25, 0.3) is 0 Å². The second-order valence-electron chi connectivity index (χ2n) is 6.40. The number of aromatic hydroxyl groups is 1. The lowest BCUT2D eigenvalue weighted by atomic mass is 10.2. The van der Waals surface area contributed by atoms with Crippen LogP contribution in [-0.2, 0) is 13.1 Å². The molecule has 0 atom stereocenters. The van der Waals surface area contributed by atoms with Crippen LogP contribution in [0.15, 0.2) is 35.3 Å². The van der Waals surface area contributed by atoms with E-state index in [0.29, 0.717) is 44.8 Å². The van der Waals surface area contributed by atoms with Crippen molar-refractivity contribution in [2.24, 2.45) is 0 Å². The second-order valence-corrected chi connectivity index (χ2v) is 8.81. The molecule has 0 aliphatic carbocycles. The number of rotatable bonds is 4. The van der Waals surface area contributed by atoms with E-state index in [9.17, 15) is 14.7 Å². The van der Waals surface area contributed by atoms with Gasteiger partial charge in [0.05, 0.1) is 6.54 Å². The van der Waals surface area contributed by atoms with Crippen molar-refractivity contribution in [2.45, 2.75) is 13.1 Å². The van der Waals surface area contributed by atoms with Gasteiger partial charge in [-0.2, -0.15) is 0 Å². The zero-order chi connectivity index (χ0) is 19.6. The first-order valence-corrected chi connectivity index (χ1v) is 10.6. The van der Waals surface area contributed by atoms with Crippen molar-refractivity contribution in [1.29, 1.82) is 0 Å². The number of aromatic nitrogens is 1. The molecule has 0 unspecified atom stereocenters. The average Bonchev–Trinajstić information content (AvgIpc) is 2.64. The summed E-state index contributed by atoms with van der Waals surface area (Å²) < 4.78 is 3.67. The number of amides is 1. The lowest BCUT2D eigenvalue weighted by Gasteiger charge is -2.33. The Kier molecular flexibility index (Phi) is 6.63. The first kappa shape index (κ1) is 20.4. The van der Waals surface area contributed by atoms with Gasteiger partial charge in [-0.05, 0) is 75.0 Å². The van der Waals surface area contributed by atoms with Gasteiger partial charge in [0.15, 0.2) is 5.75 Å². The molecule has 2 heterocycles. The molecule has 27 heavy (non-hydrogen) atoms. The van der Waals surface area contributed by atoms with Crippen LogP contribution >= 0.6 is 45.2 Å². The molecule has 1 saturated heterocycles. The quantitative estimate of drug-likeness (QED) is 0.532. The summed E-state index contributed by atoms with van der Waals surface area (Å²) in [5, 5.41) is 19.4. The average molecular weight is 595 g/mol. The predicted molar refractivity (Wildman–Crippen MR) is 118 cm³/mol.